The van der Waals surface area contributed by atoms with Crippen molar-refractivity contribution in [3.63, 3.8) is 0 Å². The fourth-order valence-corrected chi connectivity index (χ4v) is 1.12. The Labute approximate surface area is 137 Å². The molecule has 0 bridgehead atoms. The molecule has 21 heavy (non-hydrogen) atoms. The van der Waals surface area contributed by atoms with E-state index in [-0.39, 0.29) is 19.8 Å². The number of ether oxygens (including phenoxy) is 3. The minimum absolute atomic E-state index is 0.0416. The first-order chi connectivity index (χ1) is 9.61. The van der Waals surface area contributed by atoms with Crippen molar-refractivity contribution in [3.05, 3.63) is 0 Å². The second kappa shape index (κ2) is 11.8. The highest BCUT2D eigenvalue weighted by atomic mass is 79.9. The number of hydrogen-bond donors (Lipinski definition) is 0. The van der Waals surface area contributed by atoms with Gasteiger partial charge in [0.05, 0.1) is 19.8 Å². The lowest BCUT2D eigenvalue weighted by atomic mass is 10.4. The van der Waals surface area contributed by atoms with Crippen molar-refractivity contribution < 1.29 is 37.4 Å². The summed E-state index contributed by atoms with van der Waals surface area (Å²) in [4.78, 5) is 27.3. The Morgan fingerprint density at radius 3 is 1.48 bits per heavy atom. The van der Waals surface area contributed by atoms with Gasteiger partial charge in [-0.3, -0.25) is 9.59 Å². The first-order valence-corrected chi connectivity index (χ1v) is 7.53. The van der Waals surface area contributed by atoms with Crippen LogP contribution in [0.2, 0.25) is 0 Å². The van der Waals surface area contributed by atoms with E-state index in [0.717, 1.165) is 0 Å². The zero-order valence-electron chi connectivity index (χ0n) is 11.7. The maximum Gasteiger partial charge on any atom is 0.395 e. The van der Waals surface area contributed by atoms with Crippen molar-refractivity contribution in [2.24, 2.45) is 0 Å². The zero-order chi connectivity index (χ0) is 17.1. The SMILES string of the molecule is CCOC(=O)C(Br)C(=O)OCC.CCOC(=O)C(F)(F)Br. The van der Waals surface area contributed by atoms with E-state index in [4.69, 9.17) is 0 Å². The Morgan fingerprint density at radius 1 is 0.952 bits per heavy atom. The Hall–Kier alpha value is -0.770. The molecule has 0 radical (unpaired) electrons. The number of halogens is 4. The summed E-state index contributed by atoms with van der Waals surface area (Å²) in [6.07, 6.45) is 0. The maximum atomic E-state index is 11.7. The van der Waals surface area contributed by atoms with Gasteiger partial charge in [0, 0.05) is 15.9 Å². The smallest absolute Gasteiger partial charge is 0.395 e. The summed E-state index contributed by atoms with van der Waals surface area (Å²) in [6.45, 7) is 5.25. The number of alkyl halides is 4. The molecule has 0 heterocycles. The van der Waals surface area contributed by atoms with Gasteiger partial charge in [0.25, 0.3) is 0 Å². The molecule has 0 saturated heterocycles. The lowest BCUT2D eigenvalue weighted by molar-refractivity contribution is -0.158. The third kappa shape index (κ3) is 11.6. The highest BCUT2D eigenvalue weighted by molar-refractivity contribution is 9.10. The molecule has 0 amide bonds. The predicted octanol–water partition coefficient (Wildman–Crippen LogP) is 2.41. The van der Waals surface area contributed by atoms with Crippen molar-refractivity contribution in [3.8, 4) is 0 Å². The predicted molar refractivity (Wildman–Crippen MR) is 76.5 cm³/mol. The Balaban J connectivity index is 0. The van der Waals surface area contributed by atoms with Gasteiger partial charge < -0.3 is 14.2 Å². The average Bonchev–Trinajstić information content (AvgIpc) is 2.38. The van der Waals surface area contributed by atoms with Crippen LogP contribution in [-0.2, 0) is 28.6 Å². The molecule has 0 aromatic heterocycles. The minimum atomic E-state index is -3.54. The fraction of sp³-hybridized carbons (Fsp3) is 0.727. The van der Waals surface area contributed by atoms with Gasteiger partial charge in [-0.15, -0.1) is 0 Å². The molecule has 0 unspecified atom stereocenters. The van der Waals surface area contributed by atoms with E-state index in [1.165, 1.54) is 6.92 Å². The standard InChI is InChI=1S/C7H11BrO4.C4H5BrF2O2/c1-3-11-6(9)5(8)7(10)12-4-2;1-2-9-3(8)4(5,6)7/h5H,3-4H2,1-2H3;2H2,1H3. The molecule has 0 aromatic rings. The van der Waals surface area contributed by atoms with Gasteiger partial charge >= 0.3 is 22.7 Å². The number of carbonyl (C=O) groups is 3. The topological polar surface area (TPSA) is 78.9 Å². The van der Waals surface area contributed by atoms with E-state index in [0.29, 0.717) is 0 Å². The van der Waals surface area contributed by atoms with Crippen LogP contribution in [0.5, 0.6) is 0 Å². The maximum absolute atomic E-state index is 11.7. The van der Waals surface area contributed by atoms with Crippen LogP contribution in [0, 0.1) is 0 Å². The lowest BCUT2D eigenvalue weighted by Crippen LogP contribution is -2.28. The van der Waals surface area contributed by atoms with E-state index in [2.05, 4.69) is 30.1 Å². The first kappa shape index (κ1) is 22.5. The molecular formula is C11H16Br2F2O6. The summed E-state index contributed by atoms with van der Waals surface area (Å²) in [5, 5.41) is 0. The monoisotopic (exact) mass is 440 g/mol. The summed E-state index contributed by atoms with van der Waals surface area (Å²) >= 11 is 4.70. The fourth-order valence-electron chi connectivity index (χ4n) is 0.740. The van der Waals surface area contributed by atoms with Gasteiger partial charge in [0.2, 0.25) is 4.83 Å². The molecular weight excluding hydrogens is 426 g/mol. The van der Waals surface area contributed by atoms with E-state index in [1.807, 2.05) is 15.9 Å². The molecule has 0 aliphatic heterocycles. The quantitative estimate of drug-likeness (QED) is 0.272. The molecule has 0 N–H and O–H groups in total. The van der Waals surface area contributed by atoms with Crippen LogP contribution in [0.1, 0.15) is 20.8 Å². The first-order valence-electron chi connectivity index (χ1n) is 5.82. The zero-order valence-corrected chi connectivity index (χ0v) is 14.8. The average molecular weight is 442 g/mol. The largest absolute Gasteiger partial charge is 0.465 e. The highest BCUT2D eigenvalue weighted by Gasteiger charge is 2.36. The van der Waals surface area contributed by atoms with Crippen molar-refractivity contribution in [1.29, 1.82) is 0 Å². The molecule has 0 aliphatic carbocycles. The van der Waals surface area contributed by atoms with Crippen LogP contribution in [-0.4, -0.2) is 47.4 Å². The molecule has 10 heteroatoms. The van der Waals surface area contributed by atoms with Crippen LogP contribution in [0.25, 0.3) is 0 Å². The van der Waals surface area contributed by atoms with Gasteiger partial charge in [0.1, 0.15) is 0 Å². The van der Waals surface area contributed by atoms with Gasteiger partial charge in [-0.1, -0.05) is 15.9 Å². The van der Waals surface area contributed by atoms with Crippen molar-refractivity contribution >= 4 is 49.8 Å². The van der Waals surface area contributed by atoms with Crippen molar-refractivity contribution in [2.45, 2.75) is 30.4 Å². The van der Waals surface area contributed by atoms with Crippen molar-refractivity contribution in [2.75, 3.05) is 19.8 Å². The second-order valence-electron chi connectivity index (χ2n) is 3.08. The molecule has 0 spiro atoms. The second-order valence-corrected chi connectivity index (χ2v) is 5.00. The Bertz CT molecular complexity index is 328. The molecule has 0 saturated carbocycles. The third-order valence-electron chi connectivity index (χ3n) is 1.49. The lowest BCUT2D eigenvalue weighted by Gasteiger charge is -2.07. The summed E-state index contributed by atoms with van der Waals surface area (Å²) in [5.74, 6) is -2.78. The van der Waals surface area contributed by atoms with Gasteiger partial charge in [-0.25, -0.2) is 4.79 Å². The molecule has 0 aliphatic rings. The Morgan fingerprint density at radius 2 is 1.29 bits per heavy atom. The molecule has 0 atom stereocenters. The van der Waals surface area contributed by atoms with Gasteiger partial charge in [-0.05, 0) is 20.8 Å². The Kier molecular flexibility index (Phi) is 12.7. The molecule has 0 rings (SSSR count). The van der Waals surface area contributed by atoms with Crippen LogP contribution in [0.15, 0.2) is 0 Å². The number of rotatable bonds is 6. The summed E-state index contributed by atoms with van der Waals surface area (Å²) in [7, 11) is 0. The summed E-state index contributed by atoms with van der Waals surface area (Å²) < 4.78 is 36.6. The van der Waals surface area contributed by atoms with Crippen molar-refractivity contribution in [1.82, 2.24) is 0 Å². The normalized spacial score (nSPS) is 10.3. The summed E-state index contributed by atoms with van der Waals surface area (Å²) in [5.41, 5.74) is 0. The highest BCUT2D eigenvalue weighted by Crippen LogP contribution is 2.22. The van der Waals surface area contributed by atoms with E-state index in [9.17, 15) is 23.2 Å². The van der Waals surface area contributed by atoms with E-state index < -0.39 is 27.6 Å². The van der Waals surface area contributed by atoms with Crippen LogP contribution in [0.4, 0.5) is 8.78 Å². The molecule has 6 nitrogen and oxygen atoms in total. The van der Waals surface area contributed by atoms with Gasteiger partial charge in [-0.2, -0.15) is 8.78 Å². The minimum Gasteiger partial charge on any atom is -0.465 e. The molecule has 0 fully saturated rings. The number of hydrogen-bond acceptors (Lipinski definition) is 6. The van der Waals surface area contributed by atoms with Crippen LogP contribution in [0.3, 0.4) is 0 Å². The molecule has 124 valence electrons. The van der Waals surface area contributed by atoms with E-state index >= 15 is 0 Å². The molecule has 0 aromatic carbocycles. The van der Waals surface area contributed by atoms with E-state index in [1.54, 1.807) is 13.8 Å². The third-order valence-corrected chi connectivity index (χ3v) is 2.57. The van der Waals surface area contributed by atoms with Crippen LogP contribution >= 0.6 is 31.9 Å². The number of carbonyl (C=O) groups excluding carboxylic acids is 3. The van der Waals surface area contributed by atoms with Crippen LogP contribution < -0.4 is 0 Å². The summed E-state index contributed by atoms with van der Waals surface area (Å²) in [6, 6.07) is 0. The van der Waals surface area contributed by atoms with Gasteiger partial charge in [0.15, 0.2) is 0 Å². The number of esters is 3.